The molecule has 2 aromatic heterocycles. The van der Waals surface area contributed by atoms with Crippen molar-refractivity contribution < 1.29 is 5.11 Å². The summed E-state index contributed by atoms with van der Waals surface area (Å²) in [7, 11) is 3.99. The molecule has 1 fully saturated rings. The van der Waals surface area contributed by atoms with Crippen molar-refractivity contribution in [2.45, 2.75) is 37.8 Å². The predicted molar refractivity (Wildman–Crippen MR) is 75.2 cm³/mol. The van der Waals surface area contributed by atoms with Crippen LogP contribution in [0.5, 0.6) is 0 Å². The second kappa shape index (κ2) is 4.81. The summed E-state index contributed by atoms with van der Waals surface area (Å²) >= 11 is 0. The minimum Gasteiger partial charge on any atom is -0.391 e. The van der Waals surface area contributed by atoms with Crippen molar-refractivity contribution in [1.82, 2.24) is 14.5 Å². The molecule has 2 heterocycles. The van der Waals surface area contributed by atoms with Gasteiger partial charge in [-0.25, -0.2) is 9.97 Å². The molecule has 1 aliphatic carbocycles. The van der Waals surface area contributed by atoms with Crippen LogP contribution in [0.15, 0.2) is 18.6 Å². The molecule has 3 rings (SSSR count). The number of hydrogen-bond donors (Lipinski definition) is 1. The van der Waals surface area contributed by atoms with Gasteiger partial charge in [-0.15, -0.1) is 0 Å². The zero-order valence-electron chi connectivity index (χ0n) is 11.5. The molecule has 0 spiro atoms. The molecular formula is C14H20N4O. The normalized spacial score (nSPS) is 23.7. The number of pyridine rings is 1. The van der Waals surface area contributed by atoms with Crippen LogP contribution in [0.4, 0.5) is 5.82 Å². The highest BCUT2D eigenvalue weighted by Gasteiger charge is 2.28. The Balaban J connectivity index is 1.99. The van der Waals surface area contributed by atoms with Gasteiger partial charge in [0.05, 0.1) is 24.0 Å². The van der Waals surface area contributed by atoms with Crippen molar-refractivity contribution in [1.29, 1.82) is 0 Å². The van der Waals surface area contributed by atoms with Crippen LogP contribution in [-0.2, 0) is 7.05 Å². The van der Waals surface area contributed by atoms with E-state index in [0.29, 0.717) is 0 Å². The Hall–Kier alpha value is -1.62. The summed E-state index contributed by atoms with van der Waals surface area (Å²) in [6.07, 6.45) is 7.54. The number of aliphatic hydroxyl groups excluding tert-OH is 1. The molecule has 5 heteroatoms. The lowest BCUT2D eigenvalue weighted by Gasteiger charge is -2.35. The largest absolute Gasteiger partial charge is 0.391 e. The van der Waals surface area contributed by atoms with Gasteiger partial charge in [-0.1, -0.05) is 12.8 Å². The Kier molecular flexibility index (Phi) is 3.14. The van der Waals surface area contributed by atoms with Gasteiger partial charge in [0.25, 0.3) is 0 Å². The molecule has 2 unspecified atom stereocenters. The van der Waals surface area contributed by atoms with Crippen molar-refractivity contribution in [2.75, 3.05) is 11.9 Å². The minimum atomic E-state index is -0.264. The van der Waals surface area contributed by atoms with Crippen molar-refractivity contribution in [3.05, 3.63) is 18.6 Å². The minimum absolute atomic E-state index is 0.147. The molecule has 102 valence electrons. The van der Waals surface area contributed by atoms with E-state index in [9.17, 15) is 5.11 Å². The molecular weight excluding hydrogens is 240 g/mol. The summed E-state index contributed by atoms with van der Waals surface area (Å²) in [5.74, 6) is 0.865. The molecule has 2 atom stereocenters. The van der Waals surface area contributed by atoms with E-state index in [0.717, 1.165) is 36.1 Å². The number of hydrogen-bond acceptors (Lipinski definition) is 4. The lowest BCUT2D eigenvalue weighted by molar-refractivity contribution is 0.106. The van der Waals surface area contributed by atoms with E-state index >= 15 is 0 Å². The Labute approximate surface area is 112 Å². The van der Waals surface area contributed by atoms with Gasteiger partial charge < -0.3 is 14.6 Å². The topological polar surface area (TPSA) is 54.2 Å². The second-order valence-corrected chi connectivity index (χ2v) is 5.39. The molecule has 2 aromatic rings. The number of anilines is 1. The van der Waals surface area contributed by atoms with E-state index < -0.39 is 0 Å². The summed E-state index contributed by atoms with van der Waals surface area (Å²) in [5, 5.41) is 10.2. The first-order valence-corrected chi connectivity index (χ1v) is 6.85. The van der Waals surface area contributed by atoms with Gasteiger partial charge in [0.15, 0.2) is 5.82 Å². The summed E-state index contributed by atoms with van der Waals surface area (Å²) in [6.45, 7) is 0. The highest BCUT2D eigenvalue weighted by atomic mass is 16.3. The number of aliphatic hydroxyl groups is 1. The van der Waals surface area contributed by atoms with Crippen LogP contribution in [0.25, 0.3) is 11.0 Å². The first kappa shape index (κ1) is 12.4. The number of aromatic nitrogens is 3. The van der Waals surface area contributed by atoms with E-state index in [1.165, 1.54) is 6.42 Å². The monoisotopic (exact) mass is 260 g/mol. The highest BCUT2D eigenvalue weighted by molar-refractivity contribution is 5.86. The van der Waals surface area contributed by atoms with Gasteiger partial charge in [-0.05, 0) is 18.9 Å². The zero-order valence-corrected chi connectivity index (χ0v) is 11.5. The molecule has 0 bridgehead atoms. The number of aryl methyl sites for hydroxylation is 1. The first-order valence-electron chi connectivity index (χ1n) is 6.85. The third kappa shape index (κ3) is 2.08. The van der Waals surface area contributed by atoms with E-state index in [-0.39, 0.29) is 12.1 Å². The standard InChI is InChI=1S/C14H20N4O/c1-17-9-16-13-11(17)7-8-15-14(13)18(2)10-5-3-4-6-12(10)19/h7-10,12,19H,3-6H2,1-2H3. The molecule has 0 aliphatic heterocycles. The van der Waals surface area contributed by atoms with Crippen molar-refractivity contribution in [3.8, 4) is 0 Å². The summed E-state index contributed by atoms with van der Waals surface area (Å²) in [4.78, 5) is 11.0. The Morgan fingerprint density at radius 1 is 1.32 bits per heavy atom. The first-order chi connectivity index (χ1) is 9.18. The van der Waals surface area contributed by atoms with Gasteiger partial charge >= 0.3 is 0 Å². The Morgan fingerprint density at radius 2 is 2.11 bits per heavy atom. The average Bonchev–Trinajstić information content (AvgIpc) is 2.80. The summed E-state index contributed by atoms with van der Waals surface area (Å²) in [5.41, 5.74) is 1.98. The van der Waals surface area contributed by atoms with E-state index in [2.05, 4.69) is 14.9 Å². The van der Waals surface area contributed by atoms with Gasteiger partial charge in [0, 0.05) is 20.3 Å². The van der Waals surface area contributed by atoms with Crippen LogP contribution in [0.3, 0.4) is 0 Å². The fourth-order valence-corrected chi connectivity index (χ4v) is 3.01. The fourth-order valence-electron chi connectivity index (χ4n) is 3.01. The maximum atomic E-state index is 10.2. The van der Waals surface area contributed by atoms with Gasteiger partial charge in [0.1, 0.15) is 5.52 Å². The molecule has 1 aliphatic rings. The van der Waals surface area contributed by atoms with Crippen LogP contribution in [0.1, 0.15) is 25.7 Å². The maximum Gasteiger partial charge on any atom is 0.156 e. The summed E-state index contributed by atoms with van der Waals surface area (Å²) < 4.78 is 1.99. The molecule has 19 heavy (non-hydrogen) atoms. The third-order valence-corrected chi connectivity index (χ3v) is 4.15. The van der Waals surface area contributed by atoms with Crippen molar-refractivity contribution in [3.63, 3.8) is 0 Å². The van der Waals surface area contributed by atoms with E-state index in [4.69, 9.17) is 0 Å². The number of likely N-dealkylation sites (N-methyl/N-ethyl adjacent to an activating group) is 1. The van der Waals surface area contributed by atoms with E-state index in [1.54, 1.807) is 6.33 Å². The van der Waals surface area contributed by atoms with Crippen LogP contribution in [0.2, 0.25) is 0 Å². The molecule has 0 radical (unpaired) electrons. The summed E-state index contributed by atoms with van der Waals surface area (Å²) in [6, 6.07) is 2.12. The number of rotatable bonds is 2. The second-order valence-electron chi connectivity index (χ2n) is 5.39. The van der Waals surface area contributed by atoms with Gasteiger partial charge in [0.2, 0.25) is 0 Å². The number of nitrogens with zero attached hydrogens (tertiary/aromatic N) is 4. The van der Waals surface area contributed by atoms with E-state index in [1.807, 2.05) is 30.9 Å². The zero-order chi connectivity index (χ0) is 13.4. The lowest BCUT2D eigenvalue weighted by atomic mass is 9.91. The Morgan fingerprint density at radius 3 is 2.89 bits per heavy atom. The number of imidazole rings is 1. The van der Waals surface area contributed by atoms with Crippen LogP contribution < -0.4 is 4.90 Å². The third-order valence-electron chi connectivity index (χ3n) is 4.15. The average molecular weight is 260 g/mol. The fraction of sp³-hybridized carbons (Fsp3) is 0.571. The Bertz CT molecular complexity index is 580. The van der Waals surface area contributed by atoms with Gasteiger partial charge in [-0.2, -0.15) is 0 Å². The molecule has 0 amide bonds. The van der Waals surface area contributed by atoms with Crippen LogP contribution >= 0.6 is 0 Å². The molecule has 0 aromatic carbocycles. The SMILES string of the molecule is CN(c1nccc2c1ncn2C)C1CCCCC1O. The van der Waals surface area contributed by atoms with Gasteiger partial charge in [-0.3, -0.25) is 0 Å². The van der Waals surface area contributed by atoms with Crippen molar-refractivity contribution >= 4 is 16.9 Å². The highest BCUT2D eigenvalue weighted by Crippen LogP contribution is 2.29. The van der Waals surface area contributed by atoms with Crippen LogP contribution in [0, 0.1) is 0 Å². The van der Waals surface area contributed by atoms with Crippen LogP contribution in [-0.4, -0.2) is 38.8 Å². The lowest BCUT2D eigenvalue weighted by Crippen LogP contribution is -2.43. The number of fused-ring (bicyclic) bond motifs is 1. The smallest absolute Gasteiger partial charge is 0.156 e. The van der Waals surface area contributed by atoms with Crippen molar-refractivity contribution in [2.24, 2.45) is 7.05 Å². The molecule has 1 saturated carbocycles. The molecule has 1 N–H and O–H groups in total. The quantitative estimate of drug-likeness (QED) is 0.893. The molecule has 0 saturated heterocycles. The molecule has 5 nitrogen and oxygen atoms in total. The predicted octanol–water partition coefficient (Wildman–Crippen LogP) is 1.71. The maximum absolute atomic E-state index is 10.2.